The fourth-order valence-corrected chi connectivity index (χ4v) is 4.16. The molecule has 0 amide bonds. The van der Waals surface area contributed by atoms with Gasteiger partial charge in [-0.05, 0) is 57.1 Å². The van der Waals surface area contributed by atoms with Gasteiger partial charge in [0.15, 0.2) is 0 Å². The Morgan fingerprint density at radius 3 is 2.72 bits per heavy atom. The molecule has 0 aromatic carbocycles. The SMILES string of the molecule is CC1(C)C[C@H](c2ccc3c(C4(C#N)CC4)c(C(=O)O)cn3c2)CCO1. The number of carboxylic acid groups (broad SMARTS) is 1. The van der Waals surface area contributed by atoms with Crippen molar-refractivity contribution in [2.24, 2.45) is 0 Å². The van der Waals surface area contributed by atoms with Crippen molar-refractivity contribution in [2.75, 3.05) is 6.61 Å². The topological polar surface area (TPSA) is 74.7 Å². The Bertz CT molecular complexity index is 900. The molecular formula is C20H22N2O3. The maximum absolute atomic E-state index is 11.7. The largest absolute Gasteiger partial charge is 0.478 e. The molecule has 0 spiro atoms. The van der Waals surface area contributed by atoms with Crippen LogP contribution < -0.4 is 0 Å². The number of rotatable bonds is 3. The van der Waals surface area contributed by atoms with Gasteiger partial charge in [-0.2, -0.15) is 5.26 Å². The molecule has 2 fully saturated rings. The van der Waals surface area contributed by atoms with Crippen LogP contribution in [0.25, 0.3) is 5.52 Å². The van der Waals surface area contributed by atoms with E-state index in [4.69, 9.17) is 4.74 Å². The van der Waals surface area contributed by atoms with E-state index in [0.29, 0.717) is 11.5 Å². The molecule has 5 nitrogen and oxygen atoms in total. The summed E-state index contributed by atoms with van der Waals surface area (Å²) < 4.78 is 7.70. The Morgan fingerprint density at radius 1 is 1.36 bits per heavy atom. The van der Waals surface area contributed by atoms with Gasteiger partial charge in [0.2, 0.25) is 0 Å². The van der Waals surface area contributed by atoms with Gasteiger partial charge in [-0.15, -0.1) is 0 Å². The second-order valence-electron chi connectivity index (χ2n) is 7.97. The highest BCUT2D eigenvalue weighted by molar-refractivity contribution is 5.94. The fraction of sp³-hybridized carbons (Fsp3) is 0.500. The summed E-state index contributed by atoms with van der Waals surface area (Å²) in [6, 6.07) is 6.41. The standard InChI is InChI=1S/C20H22N2O3/c1-19(2)9-13(5-8-25-19)14-3-4-16-17(20(12-21)6-7-20)15(18(23)24)11-22(16)10-14/h3-4,10-11,13H,5-9H2,1-2H3,(H,23,24)/t13-/m1/s1. The van der Waals surface area contributed by atoms with E-state index in [1.54, 1.807) is 6.20 Å². The predicted molar refractivity (Wildman–Crippen MR) is 92.9 cm³/mol. The van der Waals surface area contributed by atoms with E-state index in [-0.39, 0.29) is 11.2 Å². The van der Waals surface area contributed by atoms with E-state index in [2.05, 4.69) is 26.0 Å². The first kappa shape index (κ1) is 16.2. The monoisotopic (exact) mass is 338 g/mol. The summed E-state index contributed by atoms with van der Waals surface area (Å²) in [7, 11) is 0. The molecule has 4 rings (SSSR count). The number of pyridine rings is 1. The van der Waals surface area contributed by atoms with Gasteiger partial charge in [0.05, 0.1) is 28.2 Å². The minimum absolute atomic E-state index is 0.134. The first-order chi connectivity index (χ1) is 11.9. The normalized spacial score (nSPS) is 24.0. The third-order valence-electron chi connectivity index (χ3n) is 5.64. The zero-order chi connectivity index (χ0) is 17.8. The molecule has 130 valence electrons. The van der Waals surface area contributed by atoms with Crippen LogP contribution in [0.1, 0.15) is 66.9 Å². The van der Waals surface area contributed by atoms with Crippen molar-refractivity contribution in [1.82, 2.24) is 4.40 Å². The number of nitrogens with zero attached hydrogens (tertiary/aromatic N) is 2. The zero-order valence-electron chi connectivity index (χ0n) is 14.6. The highest BCUT2D eigenvalue weighted by Gasteiger charge is 2.49. The molecule has 2 aromatic rings. The maximum Gasteiger partial charge on any atom is 0.337 e. The molecule has 1 saturated heterocycles. The van der Waals surface area contributed by atoms with Crippen molar-refractivity contribution in [2.45, 2.75) is 56.5 Å². The van der Waals surface area contributed by atoms with Gasteiger partial charge in [0.1, 0.15) is 0 Å². The molecule has 0 unspecified atom stereocenters. The molecule has 1 N–H and O–H groups in total. The number of carbonyl (C=O) groups is 1. The number of nitriles is 1. The lowest BCUT2D eigenvalue weighted by Gasteiger charge is -2.35. The summed E-state index contributed by atoms with van der Waals surface area (Å²) in [5.41, 5.74) is 2.22. The van der Waals surface area contributed by atoms with Crippen molar-refractivity contribution in [3.63, 3.8) is 0 Å². The van der Waals surface area contributed by atoms with Gasteiger partial charge in [0.25, 0.3) is 0 Å². The van der Waals surface area contributed by atoms with Gasteiger partial charge < -0.3 is 14.2 Å². The van der Waals surface area contributed by atoms with E-state index < -0.39 is 11.4 Å². The summed E-state index contributed by atoms with van der Waals surface area (Å²) in [5, 5.41) is 19.1. The average Bonchev–Trinajstić information content (AvgIpc) is 3.26. The Morgan fingerprint density at radius 2 is 2.12 bits per heavy atom. The van der Waals surface area contributed by atoms with Crippen molar-refractivity contribution in [1.29, 1.82) is 5.26 Å². The Balaban J connectivity index is 1.80. The number of fused-ring (bicyclic) bond motifs is 1. The third kappa shape index (κ3) is 2.61. The van der Waals surface area contributed by atoms with Crippen LogP contribution in [0.2, 0.25) is 0 Å². The second kappa shape index (κ2) is 5.34. The molecule has 3 heterocycles. The van der Waals surface area contributed by atoms with Gasteiger partial charge in [-0.3, -0.25) is 0 Å². The number of carboxylic acids is 1. The van der Waals surface area contributed by atoms with E-state index in [1.807, 2.05) is 16.7 Å². The van der Waals surface area contributed by atoms with Crippen LogP contribution in [0.5, 0.6) is 0 Å². The van der Waals surface area contributed by atoms with Gasteiger partial charge >= 0.3 is 5.97 Å². The Labute approximate surface area is 146 Å². The van der Waals surface area contributed by atoms with Crippen LogP contribution in [-0.2, 0) is 10.2 Å². The molecule has 2 aromatic heterocycles. The summed E-state index contributed by atoms with van der Waals surface area (Å²) in [5.74, 6) is -0.563. The molecule has 1 aliphatic carbocycles. The van der Waals surface area contributed by atoms with Crippen LogP contribution in [0.15, 0.2) is 24.5 Å². The van der Waals surface area contributed by atoms with E-state index in [1.165, 1.54) is 5.56 Å². The first-order valence-electron chi connectivity index (χ1n) is 8.79. The third-order valence-corrected chi connectivity index (χ3v) is 5.64. The molecule has 0 radical (unpaired) electrons. The van der Waals surface area contributed by atoms with E-state index in [9.17, 15) is 15.2 Å². The molecule has 1 saturated carbocycles. The highest BCUT2D eigenvalue weighted by atomic mass is 16.5. The summed E-state index contributed by atoms with van der Waals surface area (Å²) in [4.78, 5) is 11.7. The summed E-state index contributed by atoms with van der Waals surface area (Å²) >= 11 is 0. The summed E-state index contributed by atoms with van der Waals surface area (Å²) in [6.07, 6.45) is 7.08. The van der Waals surface area contributed by atoms with Crippen LogP contribution in [0, 0.1) is 11.3 Å². The van der Waals surface area contributed by atoms with E-state index in [0.717, 1.165) is 37.8 Å². The molecule has 0 bridgehead atoms. The minimum Gasteiger partial charge on any atom is -0.478 e. The van der Waals surface area contributed by atoms with Crippen molar-refractivity contribution in [3.05, 3.63) is 41.2 Å². The van der Waals surface area contributed by atoms with Crippen molar-refractivity contribution >= 4 is 11.5 Å². The zero-order valence-corrected chi connectivity index (χ0v) is 14.6. The minimum atomic E-state index is -0.964. The van der Waals surface area contributed by atoms with Gasteiger partial charge in [-0.25, -0.2) is 4.79 Å². The number of aromatic carboxylic acids is 1. The van der Waals surface area contributed by atoms with Crippen LogP contribution in [0.3, 0.4) is 0 Å². The Hall–Kier alpha value is -2.32. The lowest BCUT2D eigenvalue weighted by atomic mass is 9.84. The molecule has 5 heteroatoms. The van der Waals surface area contributed by atoms with Crippen molar-refractivity contribution < 1.29 is 14.6 Å². The smallest absolute Gasteiger partial charge is 0.337 e. The predicted octanol–water partition coefficient (Wildman–Crippen LogP) is 3.87. The average molecular weight is 338 g/mol. The van der Waals surface area contributed by atoms with Crippen molar-refractivity contribution in [3.8, 4) is 6.07 Å². The van der Waals surface area contributed by atoms with Crippen LogP contribution in [-0.4, -0.2) is 27.7 Å². The Kier molecular flexibility index (Phi) is 3.45. The lowest BCUT2D eigenvalue weighted by molar-refractivity contribution is -0.0593. The lowest BCUT2D eigenvalue weighted by Crippen LogP contribution is -2.33. The number of hydrogen-bond donors (Lipinski definition) is 1. The maximum atomic E-state index is 11.7. The molecule has 1 atom stereocenters. The first-order valence-corrected chi connectivity index (χ1v) is 8.79. The molecule has 25 heavy (non-hydrogen) atoms. The number of hydrogen-bond acceptors (Lipinski definition) is 3. The molecule has 2 aliphatic rings. The fourth-order valence-electron chi connectivity index (χ4n) is 4.16. The van der Waals surface area contributed by atoms with Gasteiger partial charge in [-0.1, -0.05) is 6.07 Å². The quantitative estimate of drug-likeness (QED) is 0.922. The van der Waals surface area contributed by atoms with Crippen LogP contribution in [0.4, 0.5) is 0 Å². The number of ether oxygens (including phenoxy) is 1. The molecule has 1 aliphatic heterocycles. The van der Waals surface area contributed by atoms with E-state index >= 15 is 0 Å². The molecular weight excluding hydrogens is 316 g/mol. The van der Waals surface area contributed by atoms with Gasteiger partial charge in [0, 0.05) is 24.6 Å². The summed E-state index contributed by atoms with van der Waals surface area (Å²) in [6.45, 7) is 4.96. The van der Waals surface area contributed by atoms with Crippen LogP contribution >= 0.6 is 0 Å². The highest BCUT2D eigenvalue weighted by Crippen LogP contribution is 2.51. The number of aromatic nitrogens is 1. The second-order valence-corrected chi connectivity index (χ2v) is 7.97.